The van der Waals surface area contributed by atoms with E-state index < -0.39 is 12.6 Å². The van der Waals surface area contributed by atoms with Gasteiger partial charge in [0.2, 0.25) is 0 Å². The van der Waals surface area contributed by atoms with Gasteiger partial charge in [0.15, 0.2) is 0 Å². The molecule has 2 nitrogen and oxygen atoms in total. The zero-order valence-corrected chi connectivity index (χ0v) is 8.89. The Bertz CT molecular complexity index is 178. The average Bonchev–Trinajstić information content (AvgIpc) is 2.92. The second kappa shape index (κ2) is 5.70. The van der Waals surface area contributed by atoms with Crippen LogP contribution in [0.15, 0.2) is 0 Å². The van der Waals surface area contributed by atoms with Crippen molar-refractivity contribution >= 4 is 0 Å². The number of alkyl halides is 3. The van der Waals surface area contributed by atoms with Crippen molar-refractivity contribution in [2.45, 2.75) is 44.3 Å². The van der Waals surface area contributed by atoms with Crippen LogP contribution in [-0.2, 0) is 0 Å². The van der Waals surface area contributed by atoms with Crippen LogP contribution in [0.4, 0.5) is 13.2 Å². The molecule has 0 heterocycles. The lowest BCUT2D eigenvalue weighted by Crippen LogP contribution is -2.30. The Labute approximate surface area is 88.6 Å². The van der Waals surface area contributed by atoms with Crippen LogP contribution >= 0.6 is 0 Å². The number of hydrogen-bond donors (Lipinski definition) is 1. The first kappa shape index (κ1) is 12.8. The second-order valence-corrected chi connectivity index (χ2v) is 4.13. The van der Waals surface area contributed by atoms with Crippen LogP contribution in [0.2, 0.25) is 0 Å². The maximum atomic E-state index is 11.9. The van der Waals surface area contributed by atoms with Gasteiger partial charge in [-0.1, -0.05) is 0 Å². The van der Waals surface area contributed by atoms with Gasteiger partial charge in [-0.05, 0) is 45.3 Å². The van der Waals surface area contributed by atoms with Crippen LogP contribution in [0.3, 0.4) is 0 Å². The molecular formula is C10H19F3N2. The highest BCUT2D eigenvalue weighted by Gasteiger charge is 2.30. The van der Waals surface area contributed by atoms with Gasteiger partial charge in [-0.2, -0.15) is 13.2 Å². The Morgan fingerprint density at radius 2 is 1.73 bits per heavy atom. The maximum absolute atomic E-state index is 11.9. The molecule has 0 saturated heterocycles. The Kier molecular flexibility index (Phi) is 4.86. The van der Waals surface area contributed by atoms with E-state index in [0.717, 1.165) is 25.8 Å². The Balaban J connectivity index is 2.14. The quantitative estimate of drug-likeness (QED) is 0.718. The topological polar surface area (TPSA) is 29.3 Å². The lowest BCUT2D eigenvalue weighted by atomic mass is 10.2. The van der Waals surface area contributed by atoms with E-state index in [2.05, 4.69) is 4.90 Å². The van der Waals surface area contributed by atoms with Gasteiger partial charge in [0.05, 0.1) is 0 Å². The van der Waals surface area contributed by atoms with Gasteiger partial charge in [-0.25, -0.2) is 0 Å². The first-order chi connectivity index (χ1) is 7.03. The monoisotopic (exact) mass is 224 g/mol. The maximum Gasteiger partial charge on any atom is 0.389 e. The van der Waals surface area contributed by atoms with Crippen molar-refractivity contribution in [3.05, 3.63) is 0 Å². The van der Waals surface area contributed by atoms with Gasteiger partial charge in [-0.15, -0.1) is 0 Å². The first-order valence-electron chi connectivity index (χ1n) is 5.54. The van der Waals surface area contributed by atoms with Gasteiger partial charge >= 0.3 is 6.18 Å². The van der Waals surface area contributed by atoms with E-state index in [0.29, 0.717) is 19.1 Å². The summed E-state index contributed by atoms with van der Waals surface area (Å²) >= 11 is 0. The number of nitrogens with two attached hydrogens (primary N) is 1. The molecule has 1 saturated carbocycles. The van der Waals surface area contributed by atoms with Crippen molar-refractivity contribution < 1.29 is 13.2 Å². The lowest BCUT2D eigenvalue weighted by molar-refractivity contribution is -0.136. The van der Waals surface area contributed by atoms with Crippen molar-refractivity contribution in [3.8, 4) is 0 Å². The molecule has 0 spiro atoms. The third-order valence-electron chi connectivity index (χ3n) is 2.62. The fourth-order valence-electron chi connectivity index (χ4n) is 1.69. The predicted molar refractivity (Wildman–Crippen MR) is 53.6 cm³/mol. The van der Waals surface area contributed by atoms with E-state index in [4.69, 9.17) is 5.73 Å². The fraction of sp³-hybridized carbons (Fsp3) is 1.00. The van der Waals surface area contributed by atoms with E-state index in [-0.39, 0.29) is 6.42 Å². The van der Waals surface area contributed by atoms with E-state index in [1.807, 2.05) is 0 Å². The molecule has 0 aromatic heterocycles. The van der Waals surface area contributed by atoms with Crippen LogP contribution in [0, 0.1) is 0 Å². The van der Waals surface area contributed by atoms with Crippen LogP contribution in [0.25, 0.3) is 0 Å². The standard InChI is InChI=1S/C10H19F3N2/c11-10(12,13)5-1-7-15(8-2-6-14)9-3-4-9/h9H,1-8,14H2. The summed E-state index contributed by atoms with van der Waals surface area (Å²) < 4.78 is 35.8. The fourth-order valence-corrected chi connectivity index (χ4v) is 1.69. The Hall–Kier alpha value is -0.290. The lowest BCUT2D eigenvalue weighted by Gasteiger charge is -2.21. The van der Waals surface area contributed by atoms with Crippen molar-refractivity contribution in [2.75, 3.05) is 19.6 Å². The number of rotatable bonds is 7. The summed E-state index contributed by atoms with van der Waals surface area (Å²) in [6, 6.07) is 0.532. The molecule has 5 heteroatoms. The molecule has 0 aromatic rings. The number of halogens is 3. The number of hydrogen-bond acceptors (Lipinski definition) is 2. The minimum absolute atomic E-state index is 0.213. The van der Waals surface area contributed by atoms with Gasteiger partial charge in [0.1, 0.15) is 0 Å². The van der Waals surface area contributed by atoms with Gasteiger partial charge in [0.25, 0.3) is 0 Å². The van der Waals surface area contributed by atoms with E-state index in [1.54, 1.807) is 0 Å². The highest BCUT2D eigenvalue weighted by Crippen LogP contribution is 2.28. The van der Waals surface area contributed by atoms with Gasteiger partial charge in [-0.3, -0.25) is 0 Å². The van der Waals surface area contributed by atoms with Gasteiger partial charge < -0.3 is 10.6 Å². The van der Waals surface area contributed by atoms with E-state index in [9.17, 15) is 13.2 Å². The molecule has 0 radical (unpaired) electrons. The molecule has 1 rings (SSSR count). The summed E-state index contributed by atoms with van der Waals surface area (Å²) in [5.74, 6) is 0. The smallest absolute Gasteiger partial charge is 0.330 e. The van der Waals surface area contributed by atoms with E-state index >= 15 is 0 Å². The minimum Gasteiger partial charge on any atom is -0.330 e. The zero-order chi connectivity index (χ0) is 11.3. The second-order valence-electron chi connectivity index (χ2n) is 4.13. The summed E-state index contributed by atoms with van der Waals surface area (Å²) in [7, 11) is 0. The molecule has 1 aliphatic carbocycles. The average molecular weight is 224 g/mol. The predicted octanol–water partition coefficient (Wildman–Crippen LogP) is 2.14. The van der Waals surface area contributed by atoms with Crippen LogP contribution in [-0.4, -0.2) is 36.8 Å². The van der Waals surface area contributed by atoms with Crippen LogP contribution < -0.4 is 5.73 Å². The highest BCUT2D eigenvalue weighted by atomic mass is 19.4. The van der Waals surface area contributed by atoms with Crippen molar-refractivity contribution in [1.29, 1.82) is 0 Å². The summed E-state index contributed by atoms with van der Waals surface area (Å²) in [5, 5.41) is 0. The molecular weight excluding hydrogens is 205 g/mol. The van der Waals surface area contributed by atoms with Crippen molar-refractivity contribution in [3.63, 3.8) is 0 Å². The zero-order valence-electron chi connectivity index (χ0n) is 8.89. The molecule has 0 bridgehead atoms. The third kappa shape index (κ3) is 5.99. The SMILES string of the molecule is NCCCN(CCCC(F)(F)F)C1CC1. The van der Waals surface area contributed by atoms with Crippen LogP contribution in [0.1, 0.15) is 32.1 Å². The first-order valence-corrected chi connectivity index (χ1v) is 5.54. The Morgan fingerprint density at radius 1 is 1.13 bits per heavy atom. The molecule has 1 aliphatic rings. The van der Waals surface area contributed by atoms with Crippen molar-refractivity contribution in [1.82, 2.24) is 4.90 Å². The molecule has 0 unspecified atom stereocenters. The molecule has 0 amide bonds. The van der Waals surface area contributed by atoms with Crippen LogP contribution in [0.5, 0.6) is 0 Å². The highest BCUT2D eigenvalue weighted by molar-refractivity contribution is 4.84. The van der Waals surface area contributed by atoms with Gasteiger partial charge in [0, 0.05) is 12.5 Å². The summed E-state index contributed by atoms with van der Waals surface area (Å²) in [6.07, 6.45) is -1.32. The molecule has 0 atom stereocenters. The molecule has 0 aliphatic heterocycles. The third-order valence-corrected chi connectivity index (χ3v) is 2.62. The molecule has 0 aromatic carbocycles. The van der Waals surface area contributed by atoms with E-state index in [1.165, 1.54) is 0 Å². The summed E-state index contributed by atoms with van der Waals surface area (Å²) in [4.78, 5) is 2.15. The number of nitrogens with zero attached hydrogens (tertiary/aromatic N) is 1. The molecule has 1 fully saturated rings. The molecule has 15 heavy (non-hydrogen) atoms. The van der Waals surface area contributed by atoms with Crippen molar-refractivity contribution in [2.24, 2.45) is 5.73 Å². The minimum atomic E-state index is -4.01. The molecule has 2 N–H and O–H groups in total. The normalized spacial score (nSPS) is 17.4. The molecule has 90 valence electrons. The largest absolute Gasteiger partial charge is 0.389 e. The Morgan fingerprint density at radius 3 is 2.20 bits per heavy atom. The summed E-state index contributed by atoms with van der Waals surface area (Å²) in [5.41, 5.74) is 5.39. The summed E-state index contributed by atoms with van der Waals surface area (Å²) in [6.45, 7) is 2.02.